The van der Waals surface area contributed by atoms with Crippen LogP contribution < -0.4 is 5.32 Å². The average molecular weight is 508 g/mol. The van der Waals surface area contributed by atoms with Crippen molar-refractivity contribution in [2.45, 2.75) is 26.2 Å². The SMILES string of the molecule is Cc1cnc(C(=O)N(CCCN2CCOCC2)CCC(=O)NCCc2ccc(Cl)cc2Cl)cn1. The van der Waals surface area contributed by atoms with Gasteiger partial charge in [-0.1, -0.05) is 29.3 Å². The second kappa shape index (κ2) is 13.6. The van der Waals surface area contributed by atoms with Gasteiger partial charge in [-0.15, -0.1) is 0 Å². The number of rotatable bonds is 11. The molecule has 184 valence electrons. The third-order valence-electron chi connectivity index (χ3n) is 5.63. The third kappa shape index (κ3) is 8.51. The summed E-state index contributed by atoms with van der Waals surface area (Å²) in [5.74, 6) is -0.332. The van der Waals surface area contributed by atoms with E-state index in [-0.39, 0.29) is 23.9 Å². The summed E-state index contributed by atoms with van der Waals surface area (Å²) in [5, 5.41) is 4.06. The maximum absolute atomic E-state index is 13.0. The minimum absolute atomic E-state index is 0.119. The van der Waals surface area contributed by atoms with E-state index < -0.39 is 0 Å². The van der Waals surface area contributed by atoms with Crippen LogP contribution in [0.15, 0.2) is 30.6 Å². The first kappa shape index (κ1) is 26.3. The van der Waals surface area contributed by atoms with Crippen LogP contribution >= 0.6 is 23.2 Å². The molecule has 10 heteroatoms. The molecule has 0 radical (unpaired) electrons. The van der Waals surface area contributed by atoms with Crippen LogP contribution in [0.5, 0.6) is 0 Å². The smallest absolute Gasteiger partial charge is 0.274 e. The lowest BCUT2D eigenvalue weighted by molar-refractivity contribution is -0.121. The van der Waals surface area contributed by atoms with E-state index in [9.17, 15) is 9.59 Å². The van der Waals surface area contributed by atoms with Gasteiger partial charge in [0.2, 0.25) is 5.91 Å². The van der Waals surface area contributed by atoms with Crippen LogP contribution in [0, 0.1) is 6.92 Å². The van der Waals surface area contributed by atoms with Gasteiger partial charge in [0.1, 0.15) is 5.69 Å². The molecule has 1 aromatic heterocycles. The Balaban J connectivity index is 1.50. The predicted molar refractivity (Wildman–Crippen MR) is 132 cm³/mol. The maximum atomic E-state index is 13.0. The van der Waals surface area contributed by atoms with Crippen molar-refractivity contribution < 1.29 is 14.3 Å². The monoisotopic (exact) mass is 507 g/mol. The number of hydrogen-bond donors (Lipinski definition) is 1. The number of morpholine rings is 1. The molecule has 3 rings (SSSR count). The topological polar surface area (TPSA) is 87.7 Å². The van der Waals surface area contributed by atoms with Gasteiger partial charge in [-0.25, -0.2) is 4.98 Å². The molecular formula is C24H31Cl2N5O3. The minimum Gasteiger partial charge on any atom is -0.379 e. The minimum atomic E-state index is -0.213. The standard InChI is InChI=1S/C24H31Cl2N5O3/c1-18-16-29-22(17-28-18)24(33)31(9-2-8-30-11-13-34-14-12-30)10-6-23(32)27-7-5-19-3-4-20(25)15-21(19)26/h3-4,15-17H,2,5-14H2,1H3,(H,27,32). The largest absolute Gasteiger partial charge is 0.379 e. The summed E-state index contributed by atoms with van der Waals surface area (Å²) in [5.41, 5.74) is 1.95. The number of nitrogens with one attached hydrogen (secondary N) is 1. The van der Waals surface area contributed by atoms with Gasteiger partial charge in [0.25, 0.3) is 5.91 Å². The van der Waals surface area contributed by atoms with Crippen molar-refractivity contribution >= 4 is 35.0 Å². The van der Waals surface area contributed by atoms with Gasteiger partial charge >= 0.3 is 0 Å². The molecule has 1 aliphatic heterocycles. The van der Waals surface area contributed by atoms with Gasteiger partial charge in [-0.05, 0) is 37.5 Å². The molecule has 34 heavy (non-hydrogen) atoms. The van der Waals surface area contributed by atoms with Crippen LogP contribution in [-0.2, 0) is 16.0 Å². The highest BCUT2D eigenvalue weighted by atomic mass is 35.5. The number of nitrogens with zero attached hydrogens (tertiary/aromatic N) is 4. The summed E-state index contributed by atoms with van der Waals surface area (Å²) >= 11 is 12.1. The number of amides is 2. The summed E-state index contributed by atoms with van der Waals surface area (Å²) < 4.78 is 5.39. The van der Waals surface area contributed by atoms with E-state index in [0.29, 0.717) is 36.1 Å². The molecule has 1 fully saturated rings. The van der Waals surface area contributed by atoms with Crippen LogP contribution in [0.25, 0.3) is 0 Å². The molecule has 0 atom stereocenters. The van der Waals surface area contributed by atoms with E-state index in [1.807, 2.05) is 13.0 Å². The Morgan fingerprint density at radius 3 is 2.65 bits per heavy atom. The Morgan fingerprint density at radius 2 is 1.94 bits per heavy atom. The van der Waals surface area contributed by atoms with E-state index in [0.717, 1.165) is 50.5 Å². The number of aromatic nitrogens is 2. The summed E-state index contributed by atoms with van der Waals surface area (Å²) in [6.07, 6.45) is 4.68. The summed E-state index contributed by atoms with van der Waals surface area (Å²) in [6.45, 7) is 7.28. The molecule has 0 spiro atoms. The van der Waals surface area contributed by atoms with E-state index in [1.165, 1.54) is 6.20 Å². The quantitative estimate of drug-likeness (QED) is 0.502. The number of hydrogen-bond acceptors (Lipinski definition) is 6. The molecule has 1 aliphatic rings. The van der Waals surface area contributed by atoms with Gasteiger partial charge in [-0.3, -0.25) is 19.5 Å². The lowest BCUT2D eigenvalue weighted by Gasteiger charge is -2.28. The normalized spacial score (nSPS) is 14.1. The first-order chi connectivity index (χ1) is 16.4. The van der Waals surface area contributed by atoms with Crippen molar-refractivity contribution in [1.82, 2.24) is 25.1 Å². The maximum Gasteiger partial charge on any atom is 0.274 e. The van der Waals surface area contributed by atoms with Gasteiger partial charge in [0.05, 0.1) is 25.1 Å². The van der Waals surface area contributed by atoms with Crippen molar-refractivity contribution in [3.63, 3.8) is 0 Å². The molecule has 1 N–H and O–H groups in total. The molecule has 2 amide bonds. The summed E-state index contributed by atoms with van der Waals surface area (Å²) in [7, 11) is 0. The zero-order valence-electron chi connectivity index (χ0n) is 19.4. The zero-order chi connectivity index (χ0) is 24.3. The first-order valence-electron chi connectivity index (χ1n) is 11.5. The lowest BCUT2D eigenvalue weighted by Crippen LogP contribution is -2.40. The molecule has 1 saturated heterocycles. The van der Waals surface area contributed by atoms with Gasteiger partial charge < -0.3 is 15.0 Å². The van der Waals surface area contributed by atoms with Crippen molar-refractivity contribution in [1.29, 1.82) is 0 Å². The number of carbonyl (C=O) groups is 2. The molecular weight excluding hydrogens is 477 g/mol. The molecule has 1 aromatic carbocycles. The Hall–Kier alpha value is -2.26. The number of aryl methyl sites for hydroxylation is 1. The fourth-order valence-corrected chi connectivity index (χ4v) is 4.18. The van der Waals surface area contributed by atoms with Gasteiger partial charge in [0, 0.05) is 61.9 Å². The summed E-state index contributed by atoms with van der Waals surface area (Å²) in [4.78, 5) is 37.9. The van der Waals surface area contributed by atoms with Crippen molar-refractivity contribution in [2.24, 2.45) is 0 Å². The highest BCUT2D eigenvalue weighted by Gasteiger charge is 2.19. The Kier molecular flexibility index (Phi) is 10.5. The highest BCUT2D eigenvalue weighted by molar-refractivity contribution is 6.35. The van der Waals surface area contributed by atoms with Crippen LogP contribution in [0.1, 0.15) is 34.6 Å². The molecule has 0 bridgehead atoms. The van der Waals surface area contributed by atoms with E-state index >= 15 is 0 Å². The fraction of sp³-hybridized carbons (Fsp3) is 0.500. The first-order valence-corrected chi connectivity index (χ1v) is 12.3. The fourth-order valence-electron chi connectivity index (χ4n) is 3.68. The third-order valence-corrected chi connectivity index (χ3v) is 6.22. The average Bonchev–Trinajstić information content (AvgIpc) is 2.83. The molecule has 2 aromatic rings. The molecule has 0 aliphatic carbocycles. The Labute approximate surface area is 210 Å². The van der Waals surface area contributed by atoms with E-state index in [2.05, 4.69) is 20.2 Å². The molecule has 0 saturated carbocycles. The second-order valence-corrected chi connectivity index (χ2v) is 9.07. The van der Waals surface area contributed by atoms with E-state index in [4.69, 9.17) is 27.9 Å². The predicted octanol–water partition coefficient (Wildman–Crippen LogP) is 3.01. The van der Waals surface area contributed by atoms with Crippen molar-refractivity contribution in [2.75, 3.05) is 52.5 Å². The number of ether oxygens (including phenoxy) is 1. The Morgan fingerprint density at radius 1 is 1.15 bits per heavy atom. The van der Waals surface area contributed by atoms with Gasteiger partial charge in [-0.2, -0.15) is 0 Å². The highest BCUT2D eigenvalue weighted by Crippen LogP contribution is 2.21. The van der Waals surface area contributed by atoms with Gasteiger partial charge in [0.15, 0.2) is 0 Å². The second-order valence-electron chi connectivity index (χ2n) is 8.23. The van der Waals surface area contributed by atoms with Crippen molar-refractivity contribution in [3.8, 4) is 0 Å². The number of halogens is 2. The lowest BCUT2D eigenvalue weighted by atomic mass is 10.1. The number of carbonyl (C=O) groups excluding carboxylic acids is 2. The zero-order valence-corrected chi connectivity index (χ0v) is 20.9. The van der Waals surface area contributed by atoms with Crippen LogP contribution in [0.3, 0.4) is 0 Å². The van der Waals surface area contributed by atoms with Crippen LogP contribution in [0.4, 0.5) is 0 Å². The summed E-state index contributed by atoms with van der Waals surface area (Å²) in [6, 6.07) is 5.32. The molecule has 0 unspecified atom stereocenters. The van der Waals surface area contributed by atoms with Crippen molar-refractivity contribution in [3.05, 3.63) is 57.6 Å². The number of benzene rings is 1. The molecule has 8 nitrogen and oxygen atoms in total. The van der Waals surface area contributed by atoms with E-state index in [1.54, 1.807) is 23.2 Å². The molecule has 2 heterocycles. The Bertz CT molecular complexity index is 952. The van der Waals surface area contributed by atoms with Crippen LogP contribution in [0.2, 0.25) is 10.0 Å². The van der Waals surface area contributed by atoms with Crippen LogP contribution in [-0.4, -0.2) is 84.1 Å².